The summed E-state index contributed by atoms with van der Waals surface area (Å²) >= 11 is 0. The van der Waals surface area contributed by atoms with Crippen LogP contribution in [0.25, 0.3) is 0 Å². The van der Waals surface area contributed by atoms with Gasteiger partial charge in [0, 0.05) is 31.9 Å². The molecular weight excluding hydrogens is 388 g/mol. The Hall–Kier alpha value is -3.68. The number of piperazine rings is 1. The van der Waals surface area contributed by atoms with Crippen molar-refractivity contribution in [3.63, 3.8) is 0 Å². The van der Waals surface area contributed by atoms with Gasteiger partial charge in [-0.2, -0.15) is 15.2 Å². The average molecular weight is 417 g/mol. The zero-order valence-electron chi connectivity index (χ0n) is 17.9. The number of hydrogen-bond acceptors (Lipinski definition) is 8. The molecule has 8 nitrogen and oxygen atoms in total. The summed E-state index contributed by atoms with van der Waals surface area (Å²) in [5, 5.41) is 8.78. The third-order valence-electron chi connectivity index (χ3n) is 5.54. The lowest BCUT2D eigenvalue weighted by Gasteiger charge is -2.38. The first-order valence-electron chi connectivity index (χ1n) is 10.5. The Kier molecular flexibility index (Phi) is 5.97. The van der Waals surface area contributed by atoms with Gasteiger partial charge < -0.3 is 21.3 Å². The third kappa shape index (κ3) is 4.74. The summed E-state index contributed by atoms with van der Waals surface area (Å²) in [6, 6.07) is 18.4. The number of azo groups is 1. The Bertz CT molecular complexity index is 1020. The third-order valence-corrected chi connectivity index (χ3v) is 5.54. The van der Waals surface area contributed by atoms with Crippen molar-refractivity contribution in [2.45, 2.75) is 19.9 Å². The van der Waals surface area contributed by atoms with Crippen molar-refractivity contribution in [2.24, 2.45) is 10.2 Å². The van der Waals surface area contributed by atoms with Crippen LogP contribution in [0.4, 0.5) is 28.8 Å². The molecule has 4 N–H and O–H groups in total. The van der Waals surface area contributed by atoms with Crippen LogP contribution in [0.1, 0.15) is 24.2 Å². The van der Waals surface area contributed by atoms with Gasteiger partial charge in [0.1, 0.15) is 5.69 Å². The van der Waals surface area contributed by atoms with E-state index in [4.69, 9.17) is 11.5 Å². The fraction of sp³-hybridized carbons (Fsp3) is 0.304. The van der Waals surface area contributed by atoms with Gasteiger partial charge in [0.15, 0.2) is 5.82 Å². The average Bonchev–Trinajstić information content (AvgIpc) is 2.78. The van der Waals surface area contributed by atoms with E-state index in [1.54, 1.807) is 0 Å². The van der Waals surface area contributed by atoms with Gasteiger partial charge in [0.05, 0.1) is 17.4 Å². The van der Waals surface area contributed by atoms with Gasteiger partial charge in [-0.1, -0.05) is 30.3 Å². The molecule has 0 saturated carbocycles. The molecule has 160 valence electrons. The maximum atomic E-state index is 6.10. The van der Waals surface area contributed by atoms with Crippen molar-refractivity contribution >= 4 is 28.8 Å². The molecule has 2 heterocycles. The van der Waals surface area contributed by atoms with E-state index in [0.29, 0.717) is 5.82 Å². The van der Waals surface area contributed by atoms with Gasteiger partial charge in [-0.05, 0) is 43.7 Å². The van der Waals surface area contributed by atoms with Gasteiger partial charge >= 0.3 is 0 Å². The number of nitrogen functional groups attached to an aromatic ring is 2. The van der Waals surface area contributed by atoms with Crippen LogP contribution in [0.5, 0.6) is 0 Å². The summed E-state index contributed by atoms with van der Waals surface area (Å²) in [5.74, 6) is 0.663. The van der Waals surface area contributed by atoms with Crippen molar-refractivity contribution < 1.29 is 0 Å². The second-order valence-corrected chi connectivity index (χ2v) is 7.69. The maximum Gasteiger partial charge on any atom is 0.222 e. The molecule has 0 spiro atoms. The summed E-state index contributed by atoms with van der Waals surface area (Å²) in [5.41, 5.74) is 16.7. The van der Waals surface area contributed by atoms with E-state index in [2.05, 4.69) is 61.2 Å². The molecule has 1 atom stereocenters. The lowest BCUT2D eigenvalue weighted by Crippen LogP contribution is -2.47. The second-order valence-electron chi connectivity index (χ2n) is 7.69. The highest BCUT2D eigenvalue weighted by molar-refractivity contribution is 5.68. The molecule has 4 rings (SSSR count). The van der Waals surface area contributed by atoms with Crippen molar-refractivity contribution in [3.8, 4) is 0 Å². The van der Waals surface area contributed by atoms with Crippen LogP contribution >= 0.6 is 0 Å². The fourth-order valence-corrected chi connectivity index (χ4v) is 3.87. The standard InChI is InChI=1S/C23H28N8/c1-16(28-29-19-6-4-3-5-7-19)18-8-10-20(11-9-18)30-12-14-31(15-13-30)21-17(2)26-23(25)27-22(21)24/h3-11,16H,12-15H2,1-2H3,(H4,24,25,26,27). The van der Waals surface area contributed by atoms with Gasteiger partial charge in [0.25, 0.3) is 0 Å². The number of aryl methyl sites for hydroxylation is 1. The van der Waals surface area contributed by atoms with E-state index < -0.39 is 0 Å². The number of aromatic nitrogens is 2. The van der Waals surface area contributed by atoms with Crippen LogP contribution in [-0.2, 0) is 0 Å². The lowest BCUT2D eigenvalue weighted by atomic mass is 10.1. The van der Waals surface area contributed by atoms with E-state index in [9.17, 15) is 0 Å². The molecular formula is C23H28N8. The SMILES string of the molecule is Cc1nc(N)nc(N)c1N1CCN(c2ccc(C(C)N=Nc3ccccc3)cc2)CC1. The van der Waals surface area contributed by atoms with E-state index in [0.717, 1.165) is 48.8 Å². The molecule has 2 aromatic carbocycles. The highest BCUT2D eigenvalue weighted by Crippen LogP contribution is 2.28. The molecule has 1 saturated heterocycles. The first kappa shape index (κ1) is 20.6. The smallest absolute Gasteiger partial charge is 0.222 e. The zero-order chi connectivity index (χ0) is 21.8. The van der Waals surface area contributed by atoms with Crippen molar-refractivity contribution in [3.05, 3.63) is 65.9 Å². The Balaban J connectivity index is 1.38. The summed E-state index contributed by atoms with van der Waals surface area (Å²) in [6.45, 7) is 7.47. The first-order valence-corrected chi connectivity index (χ1v) is 10.5. The van der Waals surface area contributed by atoms with E-state index >= 15 is 0 Å². The Morgan fingerprint density at radius 2 is 1.52 bits per heavy atom. The van der Waals surface area contributed by atoms with E-state index in [1.807, 2.05) is 37.3 Å². The number of hydrogen-bond donors (Lipinski definition) is 2. The van der Waals surface area contributed by atoms with Gasteiger partial charge in [-0.25, -0.2) is 4.98 Å². The minimum absolute atomic E-state index is 0.00238. The van der Waals surface area contributed by atoms with E-state index in [-0.39, 0.29) is 12.0 Å². The summed E-state index contributed by atoms with van der Waals surface area (Å²) in [7, 11) is 0. The Morgan fingerprint density at radius 3 is 2.16 bits per heavy atom. The molecule has 1 fully saturated rings. The fourth-order valence-electron chi connectivity index (χ4n) is 3.87. The summed E-state index contributed by atoms with van der Waals surface area (Å²) in [6.07, 6.45) is 0. The normalized spacial score (nSPS) is 15.4. The minimum atomic E-state index is 0.00238. The van der Waals surface area contributed by atoms with Crippen LogP contribution in [-0.4, -0.2) is 36.1 Å². The zero-order valence-corrected chi connectivity index (χ0v) is 17.9. The highest BCUT2D eigenvalue weighted by atomic mass is 15.3. The molecule has 0 bridgehead atoms. The van der Waals surface area contributed by atoms with Crippen molar-refractivity contribution in [2.75, 3.05) is 47.4 Å². The van der Waals surface area contributed by atoms with Gasteiger partial charge in [0.2, 0.25) is 5.95 Å². The van der Waals surface area contributed by atoms with Gasteiger partial charge in [-0.15, -0.1) is 0 Å². The van der Waals surface area contributed by atoms with Crippen LogP contribution in [0.2, 0.25) is 0 Å². The molecule has 1 aromatic heterocycles. The van der Waals surface area contributed by atoms with Gasteiger partial charge in [-0.3, -0.25) is 0 Å². The minimum Gasteiger partial charge on any atom is -0.382 e. The topological polar surface area (TPSA) is 109 Å². The van der Waals surface area contributed by atoms with Crippen LogP contribution < -0.4 is 21.3 Å². The molecule has 1 unspecified atom stereocenters. The predicted octanol–water partition coefficient (Wildman–Crippen LogP) is 4.12. The monoisotopic (exact) mass is 416 g/mol. The van der Waals surface area contributed by atoms with Crippen LogP contribution in [0.15, 0.2) is 64.8 Å². The predicted molar refractivity (Wildman–Crippen MR) is 126 cm³/mol. The summed E-state index contributed by atoms with van der Waals surface area (Å²) < 4.78 is 0. The maximum absolute atomic E-state index is 6.10. The Morgan fingerprint density at radius 1 is 0.871 bits per heavy atom. The van der Waals surface area contributed by atoms with Crippen LogP contribution in [0, 0.1) is 6.92 Å². The molecule has 3 aromatic rings. The quantitative estimate of drug-likeness (QED) is 0.606. The highest BCUT2D eigenvalue weighted by Gasteiger charge is 2.22. The first-order chi connectivity index (χ1) is 15.0. The molecule has 0 aliphatic carbocycles. The molecule has 0 radical (unpaired) electrons. The summed E-state index contributed by atoms with van der Waals surface area (Å²) in [4.78, 5) is 13.0. The number of nitrogens with two attached hydrogens (primary N) is 2. The van der Waals surface area contributed by atoms with Crippen molar-refractivity contribution in [1.29, 1.82) is 0 Å². The Labute approximate surface area is 182 Å². The number of nitrogens with zero attached hydrogens (tertiary/aromatic N) is 6. The number of rotatable bonds is 5. The van der Waals surface area contributed by atoms with Crippen LogP contribution in [0.3, 0.4) is 0 Å². The number of benzene rings is 2. The molecule has 0 amide bonds. The molecule has 31 heavy (non-hydrogen) atoms. The molecule has 1 aliphatic heterocycles. The van der Waals surface area contributed by atoms with E-state index in [1.165, 1.54) is 5.69 Å². The molecule has 1 aliphatic rings. The number of anilines is 4. The lowest BCUT2D eigenvalue weighted by molar-refractivity contribution is 0.650. The largest absolute Gasteiger partial charge is 0.382 e. The van der Waals surface area contributed by atoms with Crippen molar-refractivity contribution in [1.82, 2.24) is 9.97 Å². The second kappa shape index (κ2) is 8.99. The molecule has 8 heteroatoms.